The molecular formula is C30H58O5. The van der Waals surface area contributed by atoms with Gasteiger partial charge in [0.05, 0.1) is 13.2 Å². The van der Waals surface area contributed by atoms with Crippen molar-refractivity contribution in [3.05, 3.63) is 0 Å². The Morgan fingerprint density at radius 3 is 1.63 bits per heavy atom. The van der Waals surface area contributed by atoms with Gasteiger partial charge >= 0.3 is 5.97 Å². The molecule has 0 aliphatic carbocycles. The number of aliphatic hydroxyl groups excluding tert-OH is 1. The average Bonchev–Trinajstić information content (AvgIpc) is 2.86. The van der Waals surface area contributed by atoms with Gasteiger partial charge in [0.1, 0.15) is 12.4 Å². The highest BCUT2D eigenvalue weighted by Crippen LogP contribution is 2.14. The number of ether oxygens (including phenoxy) is 2. The second kappa shape index (κ2) is 29.3. The molecule has 0 bridgehead atoms. The molecule has 0 amide bonds. The minimum Gasteiger partial charge on any atom is -0.457 e. The Morgan fingerprint density at radius 1 is 0.686 bits per heavy atom. The first kappa shape index (κ1) is 34.1. The average molecular weight is 499 g/mol. The van der Waals surface area contributed by atoms with Crippen LogP contribution in [0.2, 0.25) is 0 Å². The van der Waals surface area contributed by atoms with Crippen LogP contribution in [0.1, 0.15) is 155 Å². The van der Waals surface area contributed by atoms with Crippen molar-refractivity contribution in [2.75, 3.05) is 19.8 Å². The Kier molecular flexibility index (Phi) is 28.5. The van der Waals surface area contributed by atoms with Gasteiger partial charge in [-0.25, -0.2) is 0 Å². The third-order valence-electron chi connectivity index (χ3n) is 6.65. The van der Waals surface area contributed by atoms with Crippen LogP contribution in [-0.2, 0) is 19.1 Å². The van der Waals surface area contributed by atoms with Crippen molar-refractivity contribution >= 4 is 12.3 Å². The number of rotatable bonds is 29. The highest BCUT2D eigenvalue weighted by Gasteiger charge is 2.13. The third-order valence-corrected chi connectivity index (χ3v) is 6.65. The molecule has 0 aliphatic rings. The van der Waals surface area contributed by atoms with Crippen molar-refractivity contribution in [3.8, 4) is 0 Å². The lowest BCUT2D eigenvalue weighted by molar-refractivity contribution is -0.154. The summed E-state index contributed by atoms with van der Waals surface area (Å²) < 4.78 is 10.9. The predicted octanol–water partition coefficient (Wildman–Crippen LogP) is 8.10. The van der Waals surface area contributed by atoms with E-state index < -0.39 is 6.10 Å². The molecule has 0 heterocycles. The van der Waals surface area contributed by atoms with Gasteiger partial charge in [0.25, 0.3) is 0 Å². The molecule has 0 saturated carbocycles. The lowest BCUT2D eigenvalue weighted by Gasteiger charge is -2.15. The Labute approximate surface area is 217 Å². The van der Waals surface area contributed by atoms with Crippen LogP contribution in [0.25, 0.3) is 0 Å². The molecule has 1 atom stereocenters. The van der Waals surface area contributed by atoms with Crippen molar-refractivity contribution in [2.45, 2.75) is 161 Å². The fourth-order valence-corrected chi connectivity index (χ4v) is 4.36. The maximum Gasteiger partial charge on any atom is 0.306 e. The lowest BCUT2D eigenvalue weighted by Crippen LogP contribution is -2.27. The van der Waals surface area contributed by atoms with Gasteiger partial charge in [-0.05, 0) is 19.3 Å². The van der Waals surface area contributed by atoms with Crippen molar-refractivity contribution in [3.63, 3.8) is 0 Å². The Morgan fingerprint density at radius 2 is 1.14 bits per heavy atom. The molecule has 208 valence electrons. The summed E-state index contributed by atoms with van der Waals surface area (Å²) in [4.78, 5) is 22.2. The molecule has 0 saturated heterocycles. The van der Waals surface area contributed by atoms with Crippen LogP contribution < -0.4 is 0 Å². The molecule has 0 radical (unpaired) electrons. The molecule has 0 rings (SSSR count). The molecule has 0 spiro atoms. The third kappa shape index (κ3) is 27.5. The fourth-order valence-electron chi connectivity index (χ4n) is 4.36. The summed E-state index contributed by atoms with van der Waals surface area (Å²) in [6.45, 7) is 3.01. The molecule has 0 unspecified atom stereocenters. The van der Waals surface area contributed by atoms with E-state index in [9.17, 15) is 14.7 Å². The summed E-state index contributed by atoms with van der Waals surface area (Å²) in [6.07, 6.45) is 27.7. The molecule has 5 nitrogen and oxygen atoms in total. The molecule has 1 N–H and O–H groups in total. The number of aliphatic hydroxyl groups is 1. The fraction of sp³-hybridized carbons (Fsp3) is 0.933. The lowest BCUT2D eigenvalue weighted by atomic mass is 10.0. The van der Waals surface area contributed by atoms with E-state index in [-0.39, 0.29) is 19.2 Å². The van der Waals surface area contributed by atoms with Gasteiger partial charge < -0.3 is 19.4 Å². The summed E-state index contributed by atoms with van der Waals surface area (Å²) in [5.41, 5.74) is 0. The maximum atomic E-state index is 11.9. The van der Waals surface area contributed by atoms with Crippen LogP contribution in [0.4, 0.5) is 0 Å². The molecule has 0 aliphatic heterocycles. The standard InChI is InChI=1S/C30H58O5/c1-2-3-4-5-6-7-8-9-10-11-12-13-14-17-20-23-26-34-28-29(27-32)35-30(33)24-21-18-15-16-19-22-25-31/h25,29,32H,2-24,26-28H2,1H3/t29-/m0/s1. The van der Waals surface area contributed by atoms with E-state index in [0.717, 1.165) is 44.8 Å². The SMILES string of the molecule is CCCCCCCCCCCCCCCCCCOC[C@H](CO)OC(=O)CCCCCCCC=O. The van der Waals surface area contributed by atoms with E-state index in [4.69, 9.17) is 9.47 Å². The normalized spacial score (nSPS) is 12.1. The predicted molar refractivity (Wildman–Crippen MR) is 146 cm³/mol. The number of carbonyl (C=O) groups excluding carboxylic acids is 2. The van der Waals surface area contributed by atoms with Gasteiger partial charge in [-0.1, -0.05) is 122 Å². The summed E-state index contributed by atoms with van der Waals surface area (Å²) in [5, 5.41) is 9.42. The van der Waals surface area contributed by atoms with Gasteiger partial charge in [-0.3, -0.25) is 4.79 Å². The highest BCUT2D eigenvalue weighted by molar-refractivity contribution is 5.69. The zero-order chi connectivity index (χ0) is 25.7. The second-order valence-electron chi connectivity index (χ2n) is 10.1. The number of carbonyl (C=O) groups is 2. The van der Waals surface area contributed by atoms with E-state index in [1.807, 2.05) is 0 Å². The minimum absolute atomic E-state index is 0.198. The molecule has 5 heteroatoms. The number of aldehydes is 1. The van der Waals surface area contributed by atoms with E-state index in [2.05, 4.69) is 6.92 Å². The van der Waals surface area contributed by atoms with Crippen LogP contribution >= 0.6 is 0 Å². The van der Waals surface area contributed by atoms with Gasteiger partial charge in [-0.15, -0.1) is 0 Å². The van der Waals surface area contributed by atoms with Gasteiger partial charge in [0.2, 0.25) is 0 Å². The van der Waals surface area contributed by atoms with Crippen LogP contribution in [0.3, 0.4) is 0 Å². The van der Waals surface area contributed by atoms with Crippen LogP contribution in [0.5, 0.6) is 0 Å². The largest absolute Gasteiger partial charge is 0.457 e. The summed E-state index contributed by atoms with van der Waals surface area (Å²) in [7, 11) is 0. The van der Waals surface area contributed by atoms with Crippen molar-refractivity contribution in [2.24, 2.45) is 0 Å². The molecule has 0 aromatic carbocycles. The Balaban J connectivity index is 3.36. The van der Waals surface area contributed by atoms with E-state index in [1.165, 1.54) is 96.3 Å². The first-order chi connectivity index (χ1) is 17.2. The Bertz CT molecular complexity index is 440. The number of hydrogen-bond acceptors (Lipinski definition) is 5. The smallest absolute Gasteiger partial charge is 0.306 e. The summed E-state index contributed by atoms with van der Waals surface area (Å²) in [6, 6.07) is 0. The Hall–Kier alpha value is -0.940. The molecule has 35 heavy (non-hydrogen) atoms. The molecule has 0 fully saturated rings. The van der Waals surface area contributed by atoms with Gasteiger partial charge in [0.15, 0.2) is 0 Å². The zero-order valence-electron chi connectivity index (χ0n) is 23.1. The molecule has 0 aromatic heterocycles. The molecular weight excluding hydrogens is 440 g/mol. The number of esters is 1. The maximum absolute atomic E-state index is 11.9. The monoisotopic (exact) mass is 498 g/mol. The van der Waals surface area contributed by atoms with Crippen LogP contribution in [0, 0.1) is 0 Å². The first-order valence-electron chi connectivity index (χ1n) is 15.1. The van der Waals surface area contributed by atoms with Crippen LogP contribution in [0.15, 0.2) is 0 Å². The highest BCUT2D eigenvalue weighted by atomic mass is 16.6. The second-order valence-corrected chi connectivity index (χ2v) is 10.1. The zero-order valence-corrected chi connectivity index (χ0v) is 23.1. The quantitative estimate of drug-likeness (QED) is 0.0640. The molecule has 0 aromatic rings. The number of hydrogen-bond donors (Lipinski definition) is 1. The van der Waals surface area contributed by atoms with E-state index in [1.54, 1.807) is 0 Å². The number of unbranched alkanes of at least 4 members (excludes halogenated alkanes) is 20. The van der Waals surface area contributed by atoms with Gasteiger partial charge in [-0.2, -0.15) is 0 Å². The summed E-state index contributed by atoms with van der Waals surface area (Å²) >= 11 is 0. The van der Waals surface area contributed by atoms with Gasteiger partial charge in [0, 0.05) is 19.4 Å². The summed E-state index contributed by atoms with van der Waals surface area (Å²) in [5.74, 6) is -0.261. The van der Waals surface area contributed by atoms with Crippen LogP contribution in [-0.4, -0.2) is 43.3 Å². The van der Waals surface area contributed by atoms with Crippen molar-refractivity contribution < 1.29 is 24.2 Å². The minimum atomic E-state index is -0.559. The van der Waals surface area contributed by atoms with Crippen molar-refractivity contribution in [1.29, 1.82) is 0 Å². The first-order valence-corrected chi connectivity index (χ1v) is 15.1. The van der Waals surface area contributed by atoms with E-state index >= 15 is 0 Å². The van der Waals surface area contributed by atoms with E-state index in [0.29, 0.717) is 19.4 Å². The topological polar surface area (TPSA) is 72.8 Å². The van der Waals surface area contributed by atoms with Crippen molar-refractivity contribution in [1.82, 2.24) is 0 Å².